The third-order valence-electron chi connectivity index (χ3n) is 3.90. The molecule has 0 spiro atoms. The fourth-order valence-corrected chi connectivity index (χ4v) is 2.67. The molecular weight excluding hydrogens is 320 g/mol. The summed E-state index contributed by atoms with van der Waals surface area (Å²) in [5.74, 6) is -0.213. The quantitative estimate of drug-likeness (QED) is 0.644. The molecule has 0 bridgehead atoms. The molecule has 0 amide bonds. The van der Waals surface area contributed by atoms with Gasteiger partial charge in [0.1, 0.15) is 12.4 Å². The summed E-state index contributed by atoms with van der Waals surface area (Å²) in [6.07, 6.45) is 1.82. The van der Waals surface area contributed by atoms with E-state index in [4.69, 9.17) is 20.3 Å². The van der Waals surface area contributed by atoms with E-state index in [2.05, 4.69) is 0 Å². The van der Waals surface area contributed by atoms with Gasteiger partial charge < -0.3 is 24.9 Å². The highest BCUT2D eigenvalue weighted by Gasteiger charge is 2.10. The second-order valence-electron chi connectivity index (χ2n) is 5.53. The zero-order valence-corrected chi connectivity index (χ0v) is 13.9. The van der Waals surface area contributed by atoms with E-state index in [1.54, 1.807) is 24.3 Å². The average Bonchev–Trinajstić information content (AvgIpc) is 2.95. The first kappa shape index (κ1) is 16.9. The molecule has 6 heteroatoms. The van der Waals surface area contributed by atoms with E-state index in [-0.39, 0.29) is 5.56 Å². The van der Waals surface area contributed by atoms with Gasteiger partial charge in [0.05, 0.1) is 23.4 Å². The Morgan fingerprint density at radius 1 is 1.16 bits per heavy atom. The lowest BCUT2D eigenvalue weighted by molar-refractivity contribution is 0.0697. The van der Waals surface area contributed by atoms with Gasteiger partial charge in [-0.15, -0.1) is 0 Å². The van der Waals surface area contributed by atoms with E-state index in [1.807, 2.05) is 35.9 Å². The molecule has 0 aliphatic heterocycles. The standard InChI is InChI=1S/C19H20N2O4/c1-2-24-9-10-25-15-7-8-18-16(11-15)17(20)12-21(18)14-5-3-13(4-6-14)19(22)23/h3-8,11-12H,2,9-10,20H2,1H3,(H,22,23). The second kappa shape index (κ2) is 7.27. The van der Waals surface area contributed by atoms with E-state index in [0.29, 0.717) is 25.5 Å². The van der Waals surface area contributed by atoms with Gasteiger partial charge in [-0.2, -0.15) is 0 Å². The molecule has 0 aliphatic carbocycles. The number of carbonyl (C=O) groups is 1. The van der Waals surface area contributed by atoms with Gasteiger partial charge in [-0.05, 0) is 49.4 Å². The Balaban J connectivity index is 1.88. The number of fused-ring (bicyclic) bond motifs is 1. The maximum absolute atomic E-state index is 11.0. The monoisotopic (exact) mass is 340 g/mol. The minimum absolute atomic E-state index is 0.248. The molecule has 1 aromatic heterocycles. The maximum Gasteiger partial charge on any atom is 0.335 e. The molecular formula is C19H20N2O4. The van der Waals surface area contributed by atoms with Crippen LogP contribution >= 0.6 is 0 Å². The lowest BCUT2D eigenvalue weighted by Gasteiger charge is -2.08. The van der Waals surface area contributed by atoms with Crippen LogP contribution in [0.2, 0.25) is 0 Å². The number of aromatic carboxylic acids is 1. The first-order valence-corrected chi connectivity index (χ1v) is 8.05. The van der Waals surface area contributed by atoms with Crippen molar-refractivity contribution in [3.8, 4) is 11.4 Å². The molecule has 3 aromatic rings. The fraction of sp³-hybridized carbons (Fsp3) is 0.211. The lowest BCUT2D eigenvalue weighted by atomic mass is 10.2. The fourth-order valence-electron chi connectivity index (χ4n) is 2.67. The van der Waals surface area contributed by atoms with Crippen LogP contribution in [0.15, 0.2) is 48.7 Å². The number of ether oxygens (including phenoxy) is 2. The molecule has 25 heavy (non-hydrogen) atoms. The highest BCUT2D eigenvalue weighted by molar-refractivity contribution is 5.94. The largest absolute Gasteiger partial charge is 0.491 e. The van der Waals surface area contributed by atoms with Crippen LogP contribution in [0.5, 0.6) is 5.75 Å². The molecule has 0 aliphatic rings. The Kier molecular flexibility index (Phi) is 4.90. The molecule has 2 aromatic carbocycles. The molecule has 1 heterocycles. The molecule has 0 radical (unpaired) electrons. The van der Waals surface area contributed by atoms with E-state index in [0.717, 1.165) is 22.3 Å². The Hall–Kier alpha value is -2.99. The maximum atomic E-state index is 11.0. The zero-order chi connectivity index (χ0) is 17.8. The van der Waals surface area contributed by atoms with Crippen LogP contribution in [-0.2, 0) is 4.74 Å². The van der Waals surface area contributed by atoms with Gasteiger partial charge in [0.25, 0.3) is 0 Å². The minimum atomic E-state index is -0.947. The third kappa shape index (κ3) is 3.59. The number of hydrogen-bond acceptors (Lipinski definition) is 4. The predicted octanol–water partition coefficient (Wildman–Crippen LogP) is 3.33. The van der Waals surface area contributed by atoms with Gasteiger partial charge in [-0.1, -0.05) is 0 Å². The van der Waals surface area contributed by atoms with Crippen molar-refractivity contribution in [2.75, 3.05) is 25.6 Å². The van der Waals surface area contributed by atoms with Crippen molar-refractivity contribution < 1.29 is 19.4 Å². The van der Waals surface area contributed by atoms with E-state index >= 15 is 0 Å². The Morgan fingerprint density at radius 2 is 1.92 bits per heavy atom. The summed E-state index contributed by atoms with van der Waals surface area (Å²) in [6, 6.07) is 12.4. The van der Waals surface area contributed by atoms with Crippen molar-refractivity contribution in [1.29, 1.82) is 0 Å². The van der Waals surface area contributed by atoms with Gasteiger partial charge in [0.2, 0.25) is 0 Å². The highest BCUT2D eigenvalue weighted by Crippen LogP contribution is 2.30. The van der Waals surface area contributed by atoms with Crippen LogP contribution in [0.1, 0.15) is 17.3 Å². The topological polar surface area (TPSA) is 86.7 Å². The lowest BCUT2D eigenvalue weighted by Crippen LogP contribution is -2.06. The van der Waals surface area contributed by atoms with Gasteiger partial charge in [-0.25, -0.2) is 4.79 Å². The SMILES string of the molecule is CCOCCOc1ccc2c(c1)c(N)cn2-c1ccc(C(=O)O)cc1. The number of nitrogens with zero attached hydrogens (tertiary/aromatic N) is 1. The van der Waals surface area contributed by atoms with E-state index in [1.165, 1.54) is 0 Å². The number of rotatable bonds is 7. The van der Waals surface area contributed by atoms with Gasteiger partial charge >= 0.3 is 5.97 Å². The summed E-state index contributed by atoms with van der Waals surface area (Å²) in [5, 5.41) is 9.89. The number of anilines is 1. The van der Waals surface area contributed by atoms with Crippen LogP contribution < -0.4 is 10.5 Å². The number of benzene rings is 2. The predicted molar refractivity (Wildman–Crippen MR) is 96.6 cm³/mol. The first-order valence-electron chi connectivity index (χ1n) is 8.05. The van der Waals surface area contributed by atoms with Crippen LogP contribution in [0, 0.1) is 0 Å². The minimum Gasteiger partial charge on any atom is -0.491 e. The molecule has 130 valence electrons. The molecule has 0 saturated heterocycles. The van der Waals surface area contributed by atoms with Crippen molar-refractivity contribution in [2.24, 2.45) is 0 Å². The summed E-state index contributed by atoms with van der Waals surface area (Å²) >= 11 is 0. The summed E-state index contributed by atoms with van der Waals surface area (Å²) in [5.41, 5.74) is 8.80. The molecule has 3 rings (SSSR count). The molecule has 0 fully saturated rings. The molecule has 0 atom stereocenters. The van der Waals surface area contributed by atoms with Crippen LogP contribution in [0.4, 0.5) is 5.69 Å². The van der Waals surface area contributed by atoms with Crippen LogP contribution in [-0.4, -0.2) is 35.5 Å². The molecule has 0 saturated carbocycles. The van der Waals surface area contributed by atoms with Crippen molar-refractivity contribution in [3.63, 3.8) is 0 Å². The van der Waals surface area contributed by atoms with Gasteiger partial charge in [0.15, 0.2) is 0 Å². The summed E-state index contributed by atoms with van der Waals surface area (Å²) in [6.45, 7) is 3.63. The molecule has 3 N–H and O–H groups in total. The zero-order valence-electron chi connectivity index (χ0n) is 13.9. The van der Waals surface area contributed by atoms with E-state index in [9.17, 15) is 4.79 Å². The van der Waals surface area contributed by atoms with Crippen molar-refractivity contribution in [2.45, 2.75) is 6.92 Å². The number of hydrogen-bond donors (Lipinski definition) is 2. The molecule has 6 nitrogen and oxygen atoms in total. The first-order chi connectivity index (χ1) is 12.1. The second-order valence-corrected chi connectivity index (χ2v) is 5.53. The van der Waals surface area contributed by atoms with Crippen molar-refractivity contribution in [3.05, 3.63) is 54.2 Å². The smallest absolute Gasteiger partial charge is 0.335 e. The van der Waals surface area contributed by atoms with Crippen LogP contribution in [0.25, 0.3) is 16.6 Å². The number of carboxylic acid groups (broad SMARTS) is 1. The van der Waals surface area contributed by atoms with Crippen LogP contribution in [0.3, 0.4) is 0 Å². The number of nitrogens with two attached hydrogens (primary N) is 1. The van der Waals surface area contributed by atoms with Gasteiger partial charge in [-0.3, -0.25) is 0 Å². The highest BCUT2D eigenvalue weighted by atomic mass is 16.5. The Bertz CT molecular complexity index is 884. The Morgan fingerprint density at radius 3 is 2.60 bits per heavy atom. The van der Waals surface area contributed by atoms with E-state index < -0.39 is 5.97 Å². The van der Waals surface area contributed by atoms with Gasteiger partial charge in [0, 0.05) is 23.9 Å². The molecule has 0 unspecified atom stereocenters. The average molecular weight is 340 g/mol. The number of aromatic nitrogens is 1. The number of carboxylic acids is 1. The summed E-state index contributed by atoms with van der Waals surface area (Å²) < 4.78 is 12.9. The normalized spacial score (nSPS) is 10.9. The number of nitrogen functional groups attached to an aromatic ring is 1. The van der Waals surface area contributed by atoms with Crippen molar-refractivity contribution in [1.82, 2.24) is 4.57 Å². The van der Waals surface area contributed by atoms with Crippen molar-refractivity contribution >= 4 is 22.6 Å². The Labute approximate surface area is 145 Å². The summed E-state index contributed by atoms with van der Waals surface area (Å²) in [7, 11) is 0. The third-order valence-corrected chi connectivity index (χ3v) is 3.90. The summed E-state index contributed by atoms with van der Waals surface area (Å²) in [4.78, 5) is 11.0.